The number of hydrogen-bond acceptors (Lipinski definition) is 6. The zero-order chi connectivity index (χ0) is 19.3. The fraction of sp³-hybridized carbons (Fsp3) is 0.444. The molecule has 1 aliphatic rings. The molecule has 1 unspecified atom stereocenters. The molecule has 1 heterocycles. The van der Waals surface area contributed by atoms with E-state index in [2.05, 4.69) is 10.6 Å². The van der Waals surface area contributed by atoms with E-state index in [1.54, 1.807) is 45.0 Å². The molecule has 8 heteroatoms. The maximum atomic E-state index is 12.5. The van der Waals surface area contributed by atoms with E-state index in [0.717, 1.165) is 5.56 Å². The summed E-state index contributed by atoms with van der Waals surface area (Å²) in [6.07, 6.45) is -2.04. The first-order chi connectivity index (χ1) is 12.1. The van der Waals surface area contributed by atoms with Gasteiger partial charge in [0.2, 0.25) is 5.91 Å². The minimum Gasteiger partial charge on any atom is -0.450 e. The molecule has 0 aromatic heterocycles. The maximum Gasteiger partial charge on any atom is 0.408 e. The van der Waals surface area contributed by atoms with E-state index in [9.17, 15) is 19.2 Å². The van der Waals surface area contributed by atoms with E-state index in [4.69, 9.17) is 9.47 Å². The van der Waals surface area contributed by atoms with Gasteiger partial charge in [0.25, 0.3) is 5.91 Å². The van der Waals surface area contributed by atoms with Gasteiger partial charge in [0, 0.05) is 6.42 Å². The summed E-state index contributed by atoms with van der Waals surface area (Å²) >= 11 is 0. The van der Waals surface area contributed by atoms with Gasteiger partial charge in [-0.25, -0.2) is 9.59 Å². The summed E-state index contributed by atoms with van der Waals surface area (Å²) in [6.45, 7) is 5.10. The number of alkyl carbamates (subject to hydrolysis) is 1. The Balaban J connectivity index is 2.08. The summed E-state index contributed by atoms with van der Waals surface area (Å²) in [5.41, 5.74) is 0.0562. The van der Waals surface area contributed by atoms with Crippen LogP contribution in [0.1, 0.15) is 32.8 Å². The van der Waals surface area contributed by atoms with E-state index in [-0.39, 0.29) is 12.8 Å². The summed E-state index contributed by atoms with van der Waals surface area (Å²) in [5.74, 6) is -1.99. The highest BCUT2D eigenvalue weighted by atomic mass is 16.6. The van der Waals surface area contributed by atoms with Crippen molar-refractivity contribution in [1.82, 2.24) is 10.6 Å². The van der Waals surface area contributed by atoms with E-state index < -0.39 is 41.6 Å². The number of nitrogens with one attached hydrogen (secondary N) is 2. The second kappa shape index (κ2) is 7.99. The summed E-state index contributed by atoms with van der Waals surface area (Å²) in [6, 6.07) is 7.96. The lowest BCUT2D eigenvalue weighted by Crippen LogP contribution is -2.46. The lowest BCUT2D eigenvalue weighted by Gasteiger charge is -2.23. The minimum absolute atomic E-state index is 0.154. The first-order valence-corrected chi connectivity index (χ1v) is 8.21. The standard InChI is InChI=1S/C18H22N2O6/c1-18(2,3)26-17(24)19-12(9-11-7-5-4-6-8-11)16(23)25-13-10-14(21)20-15(13)22/h4-8,12-13H,9-10H2,1-3H3,(H,19,24)(H,20,21,22)/t12-,13?/m0/s1. The molecule has 0 bridgehead atoms. The van der Waals surface area contributed by atoms with Gasteiger partial charge in [0.15, 0.2) is 6.10 Å². The van der Waals surface area contributed by atoms with Gasteiger partial charge >= 0.3 is 12.1 Å². The fourth-order valence-electron chi connectivity index (χ4n) is 2.34. The monoisotopic (exact) mass is 362 g/mol. The Morgan fingerprint density at radius 3 is 2.42 bits per heavy atom. The first kappa shape index (κ1) is 19.4. The molecular weight excluding hydrogens is 340 g/mol. The van der Waals surface area contributed by atoms with Crippen LogP contribution in [0.4, 0.5) is 4.79 Å². The maximum absolute atomic E-state index is 12.5. The molecule has 0 saturated carbocycles. The first-order valence-electron chi connectivity index (χ1n) is 8.21. The molecular formula is C18H22N2O6. The van der Waals surface area contributed by atoms with Crippen LogP contribution in [-0.4, -0.2) is 41.6 Å². The van der Waals surface area contributed by atoms with Crippen molar-refractivity contribution in [2.45, 2.75) is 51.4 Å². The average molecular weight is 362 g/mol. The average Bonchev–Trinajstić information content (AvgIpc) is 2.83. The number of amides is 3. The summed E-state index contributed by atoms with van der Waals surface area (Å²) in [7, 11) is 0. The third-order valence-electron chi connectivity index (χ3n) is 3.44. The van der Waals surface area contributed by atoms with Gasteiger partial charge in [-0.15, -0.1) is 0 Å². The van der Waals surface area contributed by atoms with Crippen LogP contribution in [0.2, 0.25) is 0 Å². The van der Waals surface area contributed by atoms with Crippen LogP contribution in [0.25, 0.3) is 0 Å². The summed E-state index contributed by atoms with van der Waals surface area (Å²) in [5, 5.41) is 4.54. The number of imide groups is 1. The number of carbonyl (C=O) groups is 4. The molecule has 8 nitrogen and oxygen atoms in total. The molecule has 1 aromatic rings. The number of benzene rings is 1. The van der Waals surface area contributed by atoms with Crippen LogP contribution in [0, 0.1) is 0 Å². The molecule has 2 atom stereocenters. The SMILES string of the molecule is CC(C)(C)OC(=O)N[C@@H](Cc1ccccc1)C(=O)OC1CC(=O)NC1=O. The predicted octanol–water partition coefficient (Wildman–Crippen LogP) is 1.08. The van der Waals surface area contributed by atoms with Crippen LogP contribution in [0.5, 0.6) is 0 Å². The molecule has 1 aromatic carbocycles. The van der Waals surface area contributed by atoms with Gasteiger partial charge in [-0.1, -0.05) is 30.3 Å². The van der Waals surface area contributed by atoms with E-state index in [1.807, 2.05) is 6.07 Å². The number of hydrogen-bond donors (Lipinski definition) is 2. The zero-order valence-electron chi connectivity index (χ0n) is 14.9. The predicted molar refractivity (Wildman–Crippen MR) is 91.0 cm³/mol. The molecule has 1 fully saturated rings. The van der Waals surface area contributed by atoms with E-state index >= 15 is 0 Å². The molecule has 1 saturated heterocycles. The largest absolute Gasteiger partial charge is 0.450 e. The Hall–Kier alpha value is -2.90. The van der Waals surface area contributed by atoms with Crippen LogP contribution < -0.4 is 10.6 Å². The summed E-state index contributed by atoms with van der Waals surface area (Å²) < 4.78 is 10.3. The van der Waals surface area contributed by atoms with Crippen molar-refractivity contribution in [2.24, 2.45) is 0 Å². The Labute approximate surface area is 151 Å². The van der Waals surface area contributed by atoms with Gasteiger partial charge in [-0.2, -0.15) is 0 Å². The van der Waals surface area contributed by atoms with Gasteiger partial charge in [-0.05, 0) is 26.3 Å². The van der Waals surface area contributed by atoms with E-state index in [0.29, 0.717) is 0 Å². The highest BCUT2D eigenvalue weighted by molar-refractivity contribution is 6.05. The van der Waals surface area contributed by atoms with Crippen molar-refractivity contribution >= 4 is 23.9 Å². The third kappa shape index (κ3) is 5.87. The minimum atomic E-state index is -1.19. The van der Waals surface area contributed by atoms with Crippen LogP contribution in [0.3, 0.4) is 0 Å². The molecule has 1 aliphatic heterocycles. The lowest BCUT2D eigenvalue weighted by molar-refractivity contribution is -0.156. The van der Waals surface area contributed by atoms with Crippen molar-refractivity contribution < 1.29 is 28.7 Å². The third-order valence-corrected chi connectivity index (χ3v) is 3.44. The second-order valence-electron chi connectivity index (χ2n) is 6.93. The van der Waals surface area contributed by atoms with Crippen molar-refractivity contribution in [2.75, 3.05) is 0 Å². The molecule has 26 heavy (non-hydrogen) atoms. The highest BCUT2D eigenvalue weighted by Gasteiger charge is 2.36. The normalized spacial score (nSPS) is 18.0. The quantitative estimate of drug-likeness (QED) is 0.599. The topological polar surface area (TPSA) is 111 Å². The Kier molecular flexibility index (Phi) is 5.97. The Morgan fingerprint density at radius 1 is 1.23 bits per heavy atom. The van der Waals surface area contributed by atoms with Gasteiger partial charge in [0.05, 0.1) is 6.42 Å². The van der Waals surface area contributed by atoms with Crippen molar-refractivity contribution in [1.29, 1.82) is 0 Å². The fourth-order valence-corrected chi connectivity index (χ4v) is 2.34. The molecule has 3 amide bonds. The Morgan fingerprint density at radius 2 is 1.88 bits per heavy atom. The molecule has 2 rings (SSSR count). The smallest absolute Gasteiger partial charge is 0.408 e. The zero-order valence-corrected chi connectivity index (χ0v) is 14.9. The number of esters is 1. The second-order valence-corrected chi connectivity index (χ2v) is 6.93. The van der Waals surface area contributed by atoms with Crippen molar-refractivity contribution in [3.8, 4) is 0 Å². The van der Waals surface area contributed by atoms with Crippen LogP contribution >= 0.6 is 0 Å². The number of rotatable bonds is 5. The van der Waals surface area contributed by atoms with Gasteiger partial charge in [-0.3, -0.25) is 14.9 Å². The van der Waals surface area contributed by atoms with Crippen molar-refractivity contribution in [3.05, 3.63) is 35.9 Å². The van der Waals surface area contributed by atoms with Gasteiger partial charge in [0.1, 0.15) is 11.6 Å². The van der Waals surface area contributed by atoms with Crippen LogP contribution in [0.15, 0.2) is 30.3 Å². The Bertz CT molecular complexity index is 695. The number of ether oxygens (including phenoxy) is 2. The van der Waals surface area contributed by atoms with Crippen molar-refractivity contribution in [3.63, 3.8) is 0 Å². The van der Waals surface area contributed by atoms with Gasteiger partial charge < -0.3 is 14.8 Å². The van der Waals surface area contributed by atoms with E-state index in [1.165, 1.54) is 0 Å². The molecule has 140 valence electrons. The lowest BCUT2D eigenvalue weighted by atomic mass is 10.1. The number of carbonyl (C=O) groups excluding carboxylic acids is 4. The molecule has 0 aliphatic carbocycles. The highest BCUT2D eigenvalue weighted by Crippen LogP contribution is 2.12. The van der Waals surface area contributed by atoms with Crippen LogP contribution in [-0.2, 0) is 30.3 Å². The summed E-state index contributed by atoms with van der Waals surface area (Å²) in [4.78, 5) is 47.3. The molecule has 0 radical (unpaired) electrons. The molecule has 0 spiro atoms. The molecule has 2 N–H and O–H groups in total.